The van der Waals surface area contributed by atoms with Gasteiger partial charge in [0.1, 0.15) is 11.5 Å². The summed E-state index contributed by atoms with van der Waals surface area (Å²) >= 11 is 0. The maximum Gasteiger partial charge on any atom is 0.422 e. The van der Waals surface area contributed by atoms with Gasteiger partial charge in [0.2, 0.25) is 0 Å². The van der Waals surface area contributed by atoms with Gasteiger partial charge in [-0.25, -0.2) is 0 Å². The Kier molecular flexibility index (Phi) is 5.27. The van der Waals surface area contributed by atoms with Crippen molar-refractivity contribution in [1.82, 2.24) is 0 Å². The van der Waals surface area contributed by atoms with Crippen LogP contribution in [0, 0.1) is 0 Å². The SMILES string of the molecule is CCCOc1ccc(CO)c(OCC(F)(F)F)c1. The van der Waals surface area contributed by atoms with Crippen molar-refractivity contribution in [3.63, 3.8) is 0 Å². The molecule has 0 saturated heterocycles. The molecule has 0 amide bonds. The lowest BCUT2D eigenvalue weighted by Crippen LogP contribution is -2.19. The van der Waals surface area contributed by atoms with E-state index in [0.29, 0.717) is 17.9 Å². The predicted molar refractivity (Wildman–Crippen MR) is 59.7 cm³/mol. The average Bonchev–Trinajstić information content (AvgIpc) is 2.33. The number of aliphatic hydroxyl groups is 1. The predicted octanol–water partition coefficient (Wildman–Crippen LogP) is 2.91. The van der Waals surface area contributed by atoms with Crippen LogP contribution < -0.4 is 9.47 Å². The van der Waals surface area contributed by atoms with E-state index in [1.54, 1.807) is 6.07 Å². The van der Waals surface area contributed by atoms with Gasteiger partial charge < -0.3 is 14.6 Å². The molecule has 102 valence electrons. The lowest BCUT2D eigenvalue weighted by molar-refractivity contribution is -0.153. The topological polar surface area (TPSA) is 38.7 Å². The van der Waals surface area contributed by atoms with E-state index in [0.717, 1.165) is 6.42 Å². The lowest BCUT2D eigenvalue weighted by Gasteiger charge is -2.13. The van der Waals surface area contributed by atoms with Gasteiger partial charge in [0.05, 0.1) is 13.2 Å². The summed E-state index contributed by atoms with van der Waals surface area (Å²) in [5, 5.41) is 9.01. The second-order valence-electron chi connectivity index (χ2n) is 3.68. The first-order chi connectivity index (χ1) is 8.46. The first-order valence-electron chi connectivity index (χ1n) is 5.52. The Morgan fingerprint density at radius 1 is 1.22 bits per heavy atom. The van der Waals surface area contributed by atoms with Crippen molar-refractivity contribution in [3.8, 4) is 11.5 Å². The highest BCUT2D eigenvalue weighted by Crippen LogP contribution is 2.27. The van der Waals surface area contributed by atoms with Gasteiger partial charge >= 0.3 is 6.18 Å². The highest BCUT2D eigenvalue weighted by molar-refractivity contribution is 5.40. The third kappa shape index (κ3) is 4.83. The molecule has 0 aliphatic heterocycles. The van der Waals surface area contributed by atoms with Crippen LogP contribution in [0.25, 0.3) is 0 Å². The largest absolute Gasteiger partial charge is 0.493 e. The number of hydrogen-bond donors (Lipinski definition) is 1. The van der Waals surface area contributed by atoms with Crippen LogP contribution in [0.1, 0.15) is 18.9 Å². The quantitative estimate of drug-likeness (QED) is 0.858. The minimum Gasteiger partial charge on any atom is -0.493 e. The fraction of sp³-hybridized carbons (Fsp3) is 0.500. The Labute approximate surface area is 103 Å². The molecule has 0 saturated carbocycles. The van der Waals surface area contributed by atoms with Crippen LogP contribution in [-0.2, 0) is 6.61 Å². The zero-order chi connectivity index (χ0) is 13.6. The van der Waals surface area contributed by atoms with Gasteiger partial charge in [-0.05, 0) is 18.6 Å². The van der Waals surface area contributed by atoms with Crippen LogP contribution in [-0.4, -0.2) is 24.5 Å². The van der Waals surface area contributed by atoms with Crippen LogP contribution in [0.4, 0.5) is 13.2 Å². The van der Waals surface area contributed by atoms with Crippen molar-refractivity contribution >= 4 is 0 Å². The lowest BCUT2D eigenvalue weighted by atomic mass is 10.2. The van der Waals surface area contributed by atoms with Crippen LogP contribution in [0.5, 0.6) is 11.5 Å². The second kappa shape index (κ2) is 6.49. The molecule has 0 fully saturated rings. The van der Waals surface area contributed by atoms with E-state index in [1.165, 1.54) is 12.1 Å². The van der Waals surface area contributed by atoms with Crippen LogP contribution >= 0.6 is 0 Å². The van der Waals surface area contributed by atoms with Gasteiger partial charge in [0.15, 0.2) is 6.61 Å². The number of ether oxygens (including phenoxy) is 2. The molecule has 1 aromatic rings. The summed E-state index contributed by atoms with van der Waals surface area (Å²) in [6, 6.07) is 4.42. The first-order valence-corrected chi connectivity index (χ1v) is 5.52. The summed E-state index contributed by atoms with van der Waals surface area (Å²) in [5.74, 6) is 0.412. The molecule has 1 rings (SSSR count). The Balaban J connectivity index is 2.78. The van der Waals surface area contributed by atoms with E-state index in [1.807, 2.05) is 6.92 Å². The average molecular weight is 264 g/mol. The molecule has 18 heavy (non-hydrogen) atoms. The van der Waals surface area contributed by atoms with Crippen molar-refractivity contribution in [2.75, 3.05) is 13.2 Å². The van der Waals surface area contributed by atoms with E-state index >= 15 is 0 Å². The smallest absolute Gasteiger partial charge is 0.422 e. The maximum atomic E-state index is 12.1. The van der Waals surface area contributed by atoms with Crippen LogP contribution in [0.2, 0.25) is 0 Å². The van der Waals surface area contributed by atoms with Crippen molar-refractivity contribution in [2.24, 2.45) is 0 Å². The number of aliphatic hydroxyl groups excluding tert-OH is 1. The molecule has 0 bridgehead atoms. The molecule has 0 atom stereocenters. The molecule has 1 N–H and O–H groups in total. The minimum atomic E-state index is -4.41. The van der Waals surface area contributed by atoms with Crippen molar-refractivity contribution in [3.05, 3.63) is 23.8 Å². The van der Waals surface area contributed by atoms with Crippen LogP contribution in [0.3, 0.4) is 0 Å². The Morgan fingerprint density at radius 3 is 2.50 bits per heavy atom. The molecule has 0 unspecified atom stereocenters. The number of rotatable bonds is 6. The molecule has 0 heterocycles. The van der Waals surface area contributed by atoms with Gasteiger partial charge in [-0.3, -0.25) is 0 Å². The number of hydrogen-bond acceptors (Lipinski definition) is 3. The Bertz CT molecular complexity index is 377. The monoisotopic (exact) mass is 264 g/mol. The summed E-state index contributed by atoms with van der Waals surface area (Å²) in [5.41, 5.74) is 0.295. The van der Waals surface area contributed by atoms with E-state index in [4.69, 9.17) is 9.84 Å². The third-order valence-electron chi connectivity index (χ3n) is 2.07. The molecule has 0 radical (unpaired) electrons. The zero-order valence-electron chi connectivity index (χ0n) is 9.96. The summed E-state index contributed by atoms with van der Waals surface area (Å²) in [6.45, 7) is 0.610. The highest BCUT2D eigenvalue weighted by Gasteiger charge is 2.28. The summed E-state index contributed by atoms with van der Waals surface area (Å²) in [7, 11) is 0. The molecule has 0 spiro atoms. The molecule has 0 aliphatic rings. The standard InChI is InChI=1S/C12H15F3O3/c1-2-5-17-10-4-3-9(7-16)11(6-10)18-8-12(13,14)15/h3-4,6,16H,2,5,7-8H2,1H3. The summed E-state index contributed by atoms with van der Waals surface area (Å²) in [4.78, 5) is 0. The summed E-state index contributed by atoms with van der Waals surface area (Å²) < 4.78 is 46.1. The first kappa shape index (κ1) is 14.6. The fourth-order valence-electron chi connectivity index (χ4n) is 1.27. The molecule has 0 aliphatic carbocycles. The number of alkyl halides is 3. The maximum absolute atomic E-state index is 12.1. The van der Waals surface area contributed by atoms with Crippen molar-refractivity contribution in [2.45, 2.75) is 26.1 Å². The molecular weight excluding hydrogens is 249 g/mol. The van der Waals surface area contributed by atoms with Crippen molar-refractivity contribution in [1.29, 1.82) is 0 Å². The summed E-state index contributed by atoms with van der Waals surface area (Å²) in [6.07, 6.45) is -3.62. The Morgan fingerprint density at radius 2 is 1.94 bits per heavy atom. The van der Waals surface area contributed by atoms with Crippen molar-refractivity contribution < 1.29 is 27.8 Å². The number of benzene rings is 1. The molecular formula is C12H15F3O3. The van der Waals surface area contributed by atoms with E-state index < -0.39 is 12.8 Å². The van der Waals surface area contributed by atoms with Crippen LogP contribution in [0.15, 0.2) is 18.2 Å². The highest BCUT2D eigenvalue weighted by atomic mass is 19.4. The second-order valence-corrected chi connectivity index (χ2v) is 3.68. The molecule has 0 aromatic heterocycles. The zero-order valence-corrected chi connectivity index (χ0v) is 9.96. The normalized spacial score (nSPS) is 11.4. The minimum absolute atomic E-state index is 0.0107. The molecule has 6 heteroatoms. The van der Waals surface area contributed by atoms with Gasteiger partial charge in [-0.2, -0.15) is 13.2 Å². The Hall–Kier alpha value is -1.43. The number of halogens is 3. The molecule has 1 aromatic carbocycles. The van der Waals surface area contributed by atoms with Gasteiger partial charge in [0.25, 0.3) is 0 Å². The van der Waals surface area contributed by atoms with Gasteiger partial charge in [-0.1, -0.05) is 6.92 Å². The van der Waals surface area contributed by atoms with E-state index in [-0.39, 0.29) is 12.4 Å². The molecule has 3 nitrogen and oxygen atoms in total. The van der Waals surface area contributed by atoms with Gasteiger partial charge in [-0.15, -0.1) is 0 Å². The van der Waals surface area contributed by atoms with Gasteiger partial charge in [0, 0.05) is 11.6 Å². The van der Waals surface area contributed by atoms with E-state index in [2.05, 4.69) is 4.74 Å². The third-order valence-corrected chi connectivity index (χ3v) is 2.07. The van der Waals surface area contributed by atoms with E-state index in [9.17, 15) is 13.2 Å². The fourth-order valence-corrected chi connectivity index (χ4v) is 1.27.